The highest BCUT2D eigenvalue weighted by Gasteiger charge is 2.40. The number of rotatable bonds is 5. The van der Waals surface area contributed by atoms with Crippen LogP contribution in [0, 0.1) is 5.41 Å². The van der Waals surface area contributed by atoms with E-state index in [1.165, 1.54) is 18.4 Å². The topological polar surface area (TPSA) is 29.3 Å². The number of thiophene rings is 1. The minimum absolute atomic E-state index is 0.212. The molecule has 102 valence electrons. The van der Waals surface area contributed by atoms with Gasteiger partial charge in [0.05, 0.1) is 0 Å². The van der Waals surface area contributed by atoms with Crippen LogP contribution in [0.5, 0.6) is 0 Å². The van der Waals surface area contributed by atoms with Crippen LogP contribution in [0.2, 0.25) is 0 Å². The molecule has 2 atom stereocenters. The van der Waals surface area contributed by atoms with Gasteiger partial charge in [0.25, 0.3) is 0 Å². The molecular formula is C15H26N2S. The van der Waals surface area contributed by atoms with Gasteiger partial charge in [-0.1, -0.05) is 20.8 Å². The van der Waals surface area contributed by atoms with Crippen molar-refractivity contribution in [1.82, 2.24) is 4.90 Å². The largest absolute Gasteiger partial charge is 0.327 e. The molecular weight excluding hydrogens is 240 g/mol. The molecule has 18 heavy (non-hydrogen) atoms. The van der Waals surface area contributed by atoms with Gasteiger partial charge >= 0.3 is 0 Å². The summed E-state index contributed by atoms with van der Waals surface area (Å²) in [4.78, 5) is 2.65. The van der Waals surface area contributed by atoms with E-state index in [-0.39, 0.29) is 11.5 Å². The van der Waals surface area contributed by atoms with E-state index in [0.717, 1.165) is 12.6 Å². The lowest BCUT2D eigenvalue weighted by molar-refractivity contribution is 0.0677. The van der Waals surface area contributed by atoms with E-state index in [1.54, 1.807) is 11.3 Å². The van der Waals surface area contributed by atoms with Gasteiger partial charge < -0.3 is 5.73 Å². The summed E-state index contributed by atoms with van der Waals surface area (Å²) in [5.74, 6) is 0. The second-order valence-electron chi connectivity index (χ2n) is 6.71. The first kappa shape index (κ1) is 14.0. The fraction of sp³-hybridized carbons (Fsp3) is 0.733. The molecule has 1 aliphatic rings. The van der Waals surface area contributed by atoms with Crippen LogP contribution in [-0.4, -0.2) is 23.0 Å². The lowest BCUT2D eigenvalue weighted by atomic mass is 9.81. The zero-order valence-electron chi connectivity index (χ0n) is 12.0. The Kier molecular flexibility index (Phi) is 4.15. The van der Waals surface area contributed by atoms with E-state index >= 15 is 0 Å². The normalized spacial score (nSPS) is 20.1. The molecule has 0 radical (unpaired) electrons. The second kappa shape index (κ2) is 5.32. The van der Waals surface area contributed by atoms with Gasteiger partial charge in [0, 0.05) is 24.7 Å². The molecule has 3 heteroatoms. The third-order valence-corrected chi connectivity index (χ3v) is 4.44. The van der Waals surface area contributed by atoms with Crippen LogP contribution in [-0.2, 0) is 6.54 Å². The van der Waals surface area contributed by atoms with Crippen molar-refractivity contribution in [1.29, 1.82) is 0 Å². The lowest BCUT2D eigenvalue weighted by Gasteiger charge is -2.43. The molecule has 0 spiro atoms. The Balaban J connectivity index is 2.17. The Labute approximate surface area is 115 Å². The average Bonchev–Trinajstić information content (AvgIpc) is 2.94. The Morgan fingerprint density at radius 2 is 2.11 bits per heavy atom. The molecule has 0 aromatic carbocycles. The standard InChI is InChI=1S/C15H26N2S/c1-11(16)14(15(2,3)4)17(13-5-6-13)9-12-7-8-18-10-12/h7-8,10-11,13-14H,5-6,9,16H2,1-4H3. The first-order valence-corrected chi connectivity index (χ1v) is 7.86. The molecule has 2 unspecified atom stereocenters. The molecule has 2 rings (SSSR count). The van der Waals surface area contributed by atoms with Gasteiger partial charge in [-0.15, -0.1) is 0 Å². The molecule has 1 aliphatic carbocycles. The molecule has 0 saturated heterocycles. The average molecular weight is 266 g/mol. The summed E-state index contributed by atoms with van der Waals surface area (Å²) in [6, 6.07) is 3.65. The zero-order valence-corrected chi connectivity index (χ0v) is 12.8. The number of nitrogens with zero attached hydrogens (tertiary/aromatic N) is 1. The summed E-state index contributed by atoms with van der Waals surface area (Å²) in [6.07, 6.45) is 2.67. The Bertz CT molecular complexity index is 360. The summed E-state index contributed by atoms with van der Waals surface area (Å²) in [6.45, 7) is 10.1. The SMILES string of the molecule is CC(N)C(N(Cc1ccsc1)C1CC1)C(C)(C)C. The van der Waals surface area contributed by atoms with E-state index in [2.05, 4.69) is 49.4 Å². The van der Waals surface area contributed by atoms with Crippen molar-refractivity contribution in [2.24, 2.45) is 11.1 Å². The van der Waals surface area contributed by atoms with Gasteiger partial charge in [0.2, 0.25) is 0 Å². The van der Waals surface area contributed by atoms with E-state index in [4.69, 9.17) is 5.73 Å². The summed E-state index contributed by atoms with van der Waals surface area (Å²) >= 11 is 1.78. The molecule has 1 heterocycles. The molecule has 2 N–H and O–H groups in total. The number of nitrogens with two attached hydrogens (primary N) is 1. The fourth-order valence-electron chi connectivity index (χ4n) is 3.04. The minimum Gasteiger partial charge on any atom is -0.327 e. The van der Waals surface area contributed by atoms with E-state index in [9.17, 15) is 0 Å². The van der Waals surface area contributed by atoms with Crippen molar-refractivity contribution in [3.8, 4) is 0 Å². The summed E-state index contributed by atoms with van der Waals surface area (Å²) in [5, 5.41) is 4.43. The molecule has 0 aliphatic heterocycles. The summed E-state index contributed by atoms with van der Waals surface area (Å²) in [7, 11) is 0. The monoisotopic (exact) mass is 266 g/mol. The maximum absolute atomic E-state index is 6.28. The molecule has 1 saturated carbocycles. The third-order valence-electron chi connectivity index (χ3n) is 3.70. The maximum Gasteiger partial charge on any atom is 0.0299 e. The smallest absolute Gasteiger partial charge is 0.0299 e. The number of hydrogen-bond acceptors (Lipinski definition) is 3. The van der Waals surface area contributed by atoms with Crippen LogP contribution in [0.25, 0.3) is 0 Å². The molecule has 1 fully saturated rings. The third kappa shape index (κ3) is 3.34. The maximum atomic E-state index is 6.28. The van der Waals surface area contributed by atoms with E-state index < -0.39 is 0 Å². The first-order valence-electron chi connectivity index (χ1n) is 6.92. The van der Waals surface area contributed by atoms with Crippen LogP contribution in [0.4, 0.5) is 0 Å². The quantitative estimate of drug-likeness (QED) is 0.884. The van der Waals surface area contributed by atoms with Crippen molar-refractivity contribution in [2.75, 3.05) is 0 Å². The van der Waals surface area contributed by atoms with Crippen LogP contribution >= 0.6 is 11.3 Å². The lowest BCUT2D eigenvalue weighted by Crippen LogP contribution is -2.54. The summed E-state index contributed by atoms with van der Waals surface area (Å²) < 4.78 is 0. The molecule has 0 bridgehead atoms. The molecule has 2 nitrogen and oxygen atoms in total. The molecule has 1 aromatic heterocycles. The van der Waals surface area contributed by atoms with Crippen LogP contribution in [0.15, 0.2) is 16.8 Å². The van der Waals surface area contributed by atoms with Gasteiger partial charge in [0.15, 0.2) is 0 Å². The van der Waals surface area contributed by atoms with Crippen molar-refractivity contribution in [2.45, 2.75) is 65.2 Å². The first-order chi connectivity index (χ1) is 8.39. The Morgan fingerprint density at radius 3 is 2.50 bits per heavy atom. The highest BCUT2D eigenvalue weighted by Crippen LogP contribution is 2.37. The molecule has 1 aromatic rings. The van der Waals surface area contributed by atoms with Crippen LogP contribution in [0.3, 0.4) is 0 Å². The highest BCUT2D eigenvalue weighted by molar-refractivity contribution is 7.07. The highest BCUT2D eigenvalue weighted by atomic mass is 32.1. The zero-order chi connectivity index (χ0) is 13.3. The van der Waals surface area contributed by atoms with Crippen LogP contribution in [0.1, 0.15) is 46.1 Å². The fourth-order valence-corrected chi connectivity index (χ4v) is 3.70. The van der Waals surface area contributed by atoms with Crippen molar-refractivity contribution >= 4 is 11.3 Å². The minimum atomic E-state index is 0.212. The summed E-state index contributed by atoms with van der Waals surface area (Å²) in [5.41, 5.74) is 7.94. The van der Waals surface area contributed by atoms with Gasteiger partial charge in [-0.05, 0) is 47.6 Å². The van der Waals surface area contributed by atoms with E-state index in [0.29, 0.717) is 6.04 Å². The number of hydrogen-bond donors (Lipinski definition) is 1. The van der Waals surface area contributed by atoms with Gasteiger partial charge in [0.1, 0.15) is 0 Å². The molecule has 0 amide bonds. The van der Waals surface area contributed by atoms with E-state index in [1.807, 2.05) is 0 Å². The van der Waals surface area contributed by atoms with Gasteiger partial charge in [-0.2, -0.15) is 11.3 Å². The van der Waals surface area contributed by atoms with Crippen molar-refractivity contribution < 1.29 is 0 Å². The van der Waals surface area contributed by atoms with Crippen LogP contribution < -0.4 is 5.73 Å². The van der Waals surface area contributed by atoms with Crippen molar-refractivity contribution in [3.63, 3.8) is 0 Å². The predicted molar refractivity (Wildman–Crippen MR) is 79.8 cm³/mol. The van der Waals surface area contributed by atoms with Crippen molar-refractivity contribution in [3.05, 3.63) is 22.4 Å². The predicted octanol–water partition coefficient (Wildman–Crippen LogP) is 3.47. The van der Waals surface area contributed by atoms with Gasteiger partial charge in [-0.25, -0.2) is 0 Å². The Morgan fingerprint density at radius 1 is 1.44 bits per heavy atom. The van der Waals surface area contributed by atoms with Gasteiger partial charge in [-0.3, -0.25) is 4.90 Å². The second-order valence-corrected chi connectivity index (χ2v) is 7.49. The Hall–Kier alpha value is -0.380.